The Bertz CT molecular complexity index is 646. The molecule has 2 aromatic heterocycles. The van der Waals surface area contributed by atoms with E-state index in [1.165, 1.54) is 18.5 Å². The van der Waals surface area contributed by atoms with E-state index in [0.29, 0.717) is 5.82 Å². The Kier molecular flexibility index (Phi) is 4.29. The molecule has 1 atom stereocenters. The Balaban J connectivity index is 2.11. The maximum atomic E-state index is 12.0. The molecule has 106 valence electrons. The normalized spacial score (nSPS) is 12.1. The molecule has 2 heterocycles. The smallest absolute Gasteiger partial charge is 0.268 e. The molecule has 1 amide bonds. The predicted octanol–water partition coefficient (Wildman–Crippen LogP) is 0.867. The molecule has 20 heavy (non-hydrogen) atoms. The lowest BCUT2D eigenvalue weighted by molar-refractivity contribution is 0.0932. The van der Waals surface area contributed by atoms with Gasteiger partial charge in [-0.2, -0.15) is 5.10 Å². The minimum absolute atomic E-state index is 0.228. The van der Waals surface area contributed by atoms with E-state index in [-0.39, 0.29) is 23.2 Å². The van der Waals surface area contributed by atoms with E-state index in [0.717, 1.165) is 13.0 Å². The van der Waals surface area contributed by atoms with Crippen molar-refractivity contribution < 1.29 is 4.79 Å². The number of hydrogen-bond donors (Lipinski definition) is 2. The molecule has 0 aliphatic carbocycles. The molecule has 0 aliphatic rings. The number of rotatable bonds is 5. The summed E-state index contributed by atoms with van der Waals surface area (Å²) >= 11 is 0. The molecule has 0 radical (unpaired) electrons. The molecule has 0 unspecified atom stereocenters. The number of amides is 1. The molecule has 0 aromatic carbocycles. The van der Waals surface area contributed by atoms with Crippen LogP contribution in [-0.2, 0) is 6.54 Å². The van der Waals surface area contributed by atoms with E-state index >= 15 is 0 Å². The SMILES string of the molecule is CCCn1ncnc1[C@@H](C)NC(=O)c1cccc(=O)[nH]1. The fourth-order valence-corrected chi connectivity index (χ4v) is 1.91. The van der Waals surface area contributed by atoms with Gasteiger partial charge in [-0.1, -0.05) is 13.0 Å². The maximum Gasteiger partial charge on any atom is 0.268 e. The van der Waals surface area contributed by atoms with Crippen LogP contribution >= 0.6 is 0 Å². The number of pyridine rings is 1. The molecular formula is C13H17N5O2. The van der Waals surface area contributed by atoms with Gasteiger partial charge >= 0.3 is 0 Å². The summed E-state index contributed by atoms with van der Waals surface area (Å²) in [5, 5.41) is 6.91. The van der Waals surface area contributed by atoms with Gasteiger partial charge in [0.15, 0.2) is 0 Å². The zero-order chi connectivity index (χ0) is 14.5. The van der Waals surface area contributed by atoms with E-state index in [9.17, 15) is 9.59 Å². The molecular weight excluding hydrogens is 258 g/mol. The zero-order valence-electron chi connectivity index (χ0n) is 11.5. The summed E-state index contributed by atoms with van der Waals surface area (Å²) in [6, 6.07) is 4.16. The first-order valence-corrected chi connectivity index (χ1v) is 6.49. The highest BCUT2D eigenvalue weighted by molar-refractivity contribution is 5.92. The van der Waals surface area contributed by atoms with Crippen molar-refractivity contribution in [2.45, 2.75) is 32.9 Å². The highest BCUT2D eigenvalue weighted by Crippen LogP contribution is 2.09. The molecule has 7 heteroatoms. The average molecular weight is 275 g/mol. The highest BCUT2D eigenvalue weighted by Gasteiger charge is 2.16. The van der Waals surface area contributed by atoms with Crippen molar-refractivity contribution in [3.8, 4) is 0 Å². The van der Waals surface area contributed by atoms with Crippen molar-refractivity contribution in [3.63, 3.8) is 0 Å². The molecule has 0 spiro atoms. The second-order valence-corrected chi connectivity index (χ2v) is 4.47. The summed E-state index contributed by atoms with van der Waals surface area (Å²) in [6.45, 7) is 4.62. The maximum absolute atomic E-state index is 12.0. The zero-order valence-corrected chi connectivity index (χ0v) is 11.5. The quantitative estimate of drug-likeness (QED) is 0.846. The molecule has 0 bridgehead atoms. The lowest BCUT2D eigenvalue weighted by Gasteiger charge is -2.14. The number of aromatic nitrogens is 4. The van der Waals surface area contributed by atoms with Crippen LogP contribution in [0.5, 0.6) is 0 Å². The van der Waals surface area contributed by atoms with Gasteiger partial charge < -0.3 is 10.3 Å². The predicted molar refractivity (Wildman–Crippen MR) is 73.3 cm³/mol. The fourth-order valence-electron chi connectivity index (χ4n) is 1.91. The first-order valence-electron chi connectivity index (χ1n) is 6.49. The lowest BCUT2D eigenvalue weighted by Crippen LogP contribution is -2.30. The molecule has 0 fully saturated rings. The van der Waals surface area contributed by atoms with Crippen molar-refractivity contribution in [2.24, 2.45) is 0 Å². The van der Waals surface area contributed by atoms with Crippen molar-refractivity contribution in [1.29, 1.82) is 0 Å². The summed E-state index contributed by atoms with van der Waals surface area (Å²) < 4.78 is 1.76. The van der Waals surface area contributed by atoms with Gasteiger partial charge in [-0.25, -0.2) is 9.67 Å². The van der Waals surface area contributed by atoms with Crippen molar-refractivity contribution in [3.05, 3.63) is 46.4 Å². The number of nitrogens with zero attached hydrogens (tertiary/aromatic N) is 3. The van der Waals surface area contributed by atoms with Gasteiger partial charge in [0.05, 0.1) is 6.04 Å². The molecule has 0 saturated heterocycles. The van der Waals surface area contributed by atoms with Gasteiger partial charge in [0.2, 0.25) is 5.56 Å². The third-order valence-electron chi connectivity index (χ3n) is 2.83. The number of hydrogen-bond acceptors (Lipinski definition) is 4. The fraction of sp³-hybridized carbons (Fsp3) is 0.385. The number of H-pyrrole nitrogens is 1. The van der Waals surface area contributed by atoms with Crippen molar-refractivity contribution >= 4 is 5.91 Å². The monoisotopic (exact) mass is 275 g/mol. The van der Waals surface area contributed by atoms with E-state index in [1.54, 1.807) is 10.7 Å². The van der Waals surface area contributed by atoms with Crippen LogP contribution in [0, 0.1) is 0 Å². The number of carbonyl (C=O) groups is 1. The van der Waals surface area contributed by atoms with E-state index in [1.807, 2.05) is 13.8 Å². The summed E-state index contributed by atoms with van der Waals surface area (Å²) in [7, 11) is 0. The van der Waals surface area contributed by atoms with Gasteiger partial charge in [-0.3, -0.25) is 9.59 Å². The van der Waals surface area contributed by atoms with Gasteiger partial charge in [-0.05, 0) is 19.4 Å². The van der Waals surface area contributed by atoms with Crippen LogP contribution in [0.25, 0.3) is 0 Å². The number of aryl methyl sites for hydroxylation is 1. The van der Waals surface area contributed by atoms with Gasteiger partial charge in [0.1, 0.15) is 17.8 Å². The third kappa shape index (κ3) is 3.11. The number of nitrogens with one attached hydrogen (secondary N) is 2. The van der Waals surface area contributed by atoms with Crippen molar-refractivity contribution in [2.75, 3.05) is 0 Å². The average Bonchev–Trinajstić information content (AvgIpc) is 2.87. The first-order chi connectivity index (χ1) is 9.61. The second-order valence-electron chi connectivity index (χ2n) is 4.47. The standard InChI is InChI=1S/C13H17N5O2/c1-3-7-18-12(14-8-15-18)9(2)16-13(20)10-5-4-6-11(19)17-10/h4-6,8-9H,3,7H2,1-2H3,(H,16,20)(H,17,19)/t9-/m1/s1. The van der Waals surface area contributed by atoms with Crippen LogP contribution in [-0.4, -0.2) is 25.7 Å². The summed E-state index contributed by atoms with van der Waals surface area (Å²) in [5.74, 6) is 0.347. The Labute approximate surface area is 116 Å². The molecule has 0 saturated carbocycles. The second kappa shape index (κ2) is 6.14. The first kappa shape index (κ1) is 14.0. The minimum Gasteiger partial charge on any atom is -0.341 e. The lowest BCUT2D eigenvalue weighted by atomic mass is 10.2. The number of aromatic amines is 1. The van der Waals surface area contributed by atoms with Crippen LogP contribution < -0.4 is 10.9 Å². The van der Waals surface area contributed by atoms with E-state index < -0.39 is 0 Å². The topological polar surface area (TPSA) is 92.7 Å². The van der Waals surface area contributed by atoms with Crippen LogP contribution in [0.15, 0.2) is 29.3 Å². The summed E-state index contributed by atoms with van der Waals surface area (Å²) in [5.41, 5.74) is -0.0784. The third-order valence-corrected chi connectivity index (χ3v) is 2.83. The minimum atomic E-state index is -0.346. The van der Waals surface area contributed by atoms with E-state index in [4.69, 9.17) is 0 Å². The molecule has 7 nitrogen and oxygen atoms in total. The van der Waals surface area contributed by atoms with E-state index in [2.05, 4.69) is 20.4 Å². The summed E-state index contributed by atoms with van der Waals surface area (Å²) in [4.78, 5) is 29.9. The van der Waals surface area contributed by atoms with Crippen LogP contribution in [0.2, 0.25) is 0 Å². The molecule has 2 aromatic rings. The van der Waals surface area contributed by atoms with Gasteiger partial charge in [0, 0.05) is 12.6 Å². The number of carbonyl (C=O) groups excluding carboxylic acids is 1. The van der Waals surface area contributed by atoms with Gasteiger partial charge in [-0.15, -0.1) is 0 Å². The molecule has 0 aliphatic heterocycles. The van der Waals surface area contributed by atoms with Crippen LogP contribution in [0.4, 0.5) is 0 Å². The largest absolute Gasteiger partial charge is 0.341 e. The molecule has 2 N–H and O–H groups in total. The highest BCUT2D eigenvalue weighted by atomic mass is 16.2. The Hall–Kier alpha value is -2.44. The van der Waals surface area contributed by atoms with Crippen LogP contribution in [0.1, 0.15) is 42.6 Å². The Morgan fingerprint density at radius 2 is 2.30 bits per heavy atom. The van der Waals surface area contributed by atoms with Gasteiger partial charge in [0.25, 0.3) is 5.91 Å². The molecule has 2 rings (SSSR count). The Morgan fingerprint density at radius 3 is 3.00 bits per heavy atom. The summed E-state index contributed by atoms with van der Waals surface area (Å²) in [6.07, 6.45) is 2.40. The van der Waals surface area contributed by atoms with Crippen LogP contribution in [0.3, 0.4) is 0 Å². The van der Waals surface area contributed by atoms with Crippen molar-refractivity contribution in [1.82, 2.24) is 25.1 Å². The Morgan fingerprint density at radius 1 is 1.50 bits per heavy atom.